The summed E-state index contributed by atoms with van der Waals surface area (Å²) in [6.07, 6.45) is 5.95. The van der Waals surface area contributed by atoms with Crippen LogP contribution in [0.1, 0.15) is 32.5 Å². The predicted octanol–water partition coefficient (Wildman–Crippen LogP) is 3.93. The zero-order valence-electron chi connectivity index (χ0n) is 11.4. The summed E-state index contributed by atoms with van der Waals surface area (Å²) < 4.78 is 6.28. The summed E-state index contributed by atoms with van der Waals surface area (Å²) in [5.41, 5.74) is 1.75. The molecule has 1 aliphatic heterocycles. The highest BCUT2D eigenvalue weighted by Gasteiger charge is 2.12. The second kappa shape index (κ2) is 6.43. The number of rotatable bonds is 2. The van der Waals surface area contributed by atoms with Crippen molar-refractivity contribution in [3.63, 3.8) is 0 Å². The van der Waals surface area contributed by atoms with Gasteiger partial charge in [0, 0.05) is 6.21 Å². The number of thiophene rings is 1. The Morgan fingerprint density at radius 2 is 2.05 bits per heavy atom. The Hall–Kier alpha value is -1.75. The largest absolute Gasteiger partial charge is 0.480 e. The number of hydrogen-bond acceptors (Lipinski definition) is 5. The monoisotopic (exact) mass is 275 g/mol. The van der Waals surface area contributed by atoms with Crippen LogP contribution >= 0.6 is 11.3 Å². The molecule has 2 aromatic heterocycles. The second-order valence-electron chi connectivity index (χ2n) is 3.67. The lowest BCUT2D eigenvalue weighted by Crippen LogP contribution is -1.98. The molecule has 0 atom stereocenters. The van der Waals surface area contributed by atoms with Gasteiger partial charge < -0.3 is 4.74 Å². The predicted molar refractivity (Wildman–Crippen MR) is 81.0 cm³/mol. The van der Waals surface area contributed by atoms with E-state index in [-0.39, 0.29) is 0 Å². The van der Waals surface area contributed by atoms with Gasteiger partial charge in [0.05, 0.1) is 12.6 Å². The van der Waals surface area contributed by atoms with Crippen molar-refractivity contribution in [2.24, 2.45) is 4.99 Å². The van der Waals surface area contributed by atoms with Crippen molar-refractivity contribution in [3.8, 4) is 5.88 Å². The van der Waals surface area contributed by atoms with Crippen LogP contribution in [0.4, 0.5) is 0 Å². The van der Waals surface area contributed by atoms with Gasteiger partial charge in [-0.05, 0) is 24.3 Å². The van der Waals surface area contributed by atoms with E-state index in [1.54, 1.807) is 18.4 Å². The molecule has 0 radical (unpaired) electrons. The van der Waals surface area contributed by atoms with Gasteiger partial charge in [0.1, 0.15) is 10.4 Å². The van der Waals surface area contributed by atoms with Crippen LogP contribution in [0.15, 0.2) is 22.5 Å². The third-order valence-corrected chi connectivity index (χ3v) is 3.45. The molecule has 0 spiro atoms. The normalized spacial score (nSPS) is 13.7. The first-order chi connectivity index (χ1) is 9.38. The van der Waals surface area contributed by atoms with Gasteiger partial charge in [0.25, 0.3) is 0 Å². The number of aliphatic imine (C=N–C) groups is 1. The zero-order chi connectivity index (χ0) is 13.7. The Morgan fingerprint density at radius 3 is 2.74 bits per heavy atom. The van der Waals surface area contributed by atoms with Gasteiger partial charge in [-0.3, -0.25) is 4.99 Å². The molecular weight excluding hydrogens is 258 g/mol. The smallest absolute Gasteiger partial charge is 0.235 e. The fourth-order valence-corrected chi connectivity index (χ4v) is 2.55. The average Bonchev–Trinajstić information content (AvgIpc) is 2.97. The standard InChI is InChI=1S/C12H11N3OS.C2H6/c1-16-12-10-8(5-7-17-10)14-11(15-12)9-4-2-3-6-13-9;1-2/h4-7H,2-3H2,1H3;1-2H3. The Labute approximate surface area is 116 Å². The molecule has 100 valence electrons. The molecule has 0 aromatic carbocycles. The van der Waals surface area contributed by atoms with E-state index in [0.717, 1.165) is 28.8 Å². The molecule has 2 aromatic rings. The molecule has 0 saturated heterocycles. The minimum atomic E-state index is 0.627. The summed E-state index contributed by atoms with van der Waals surface area (Å²) in [7, 11) is 1.63. The van der Waals surface area contributed by atoms with E-state index in [4.69, 9.17) is 4.74 Å². The van der Waals surface area contributed by atoms with E-state index >= 15 is 0 Å². The fourth-order valence-electron chi connectivity index (χ4n) is 1.75. The second-order valence-corrected chi connectivity index (χ2v) is 4.59. The van der Waals surface area contributed by atoms with E-state index in [0.29, 0.717) is 11.7 Å². The van der Waals surface area contributed by atoms with Crippen LogP contribution in [-0.4, -0.2) is 23.3 Å². The molecule has 5 heteroatoms. The van der Waals surface area contributed by atoms with Crippen LogP contribution in [0.2, 0.25) is 0 Å². The summed E-state index contributed by atoms with van der Waals surface area (Å²) in [6.45, 7) is 4.00. The van der Waals surface area contributed by atoms with Gasteiger partial charge in [-0.25, -0.2) is 4.98 Å². The van der Waals surface area contributed by atoms with Crippen LogP contribution in [0.25, 0.3) is 15.9 Å². The maximum atomic E-state index is 5.30. The fraction of sp³-hybridized carbons (Fsp3) is 0.357. The molecule has 0 bridgehead atoms. The minimum absolute atomic E-state index is 0.627. The third-order valence-electron chi connectivity index (χ3n) is 2.56. The van der Waals surface area contributed by atoms with Crippen LogP contribution in [-0.2, 0) is 0 Å². The number of allylic oxidation sites excluding steroid dienone is 1. The highest BCUT2D eigenvalue weighted by Crippen LogP contribution is 2.29. The Morgan fingerprint density at radius 1 is 1.21 bits per heavy atom. The number of nitrogens with zero attached hydrogens (tertiary/aromatic N) is 3. The van der Waals surface area contributed by atoms with E-state index in [1.807, 2.05) is 31.5 Å². The molecule has 19 heavy (non-hydrogen) atoms. The van der Waals surface area contributed by atoms with Gasteiger partial charge in [0.2, 0.25) is 5.88 Å². The molecule has 0 aliphatic carbocycles. The first-order valence-electron chi connectivity index (χ1n) is 6.41. The Balaban J connectivity index is 0.000000637. The van der Waals surface area contributed by atoms with Crippen LogP contribution in [0.5, 0.6) is 5.88 Å². The number of ether oxygens (including phenoxy) is 1. The first-order valence-corrected chi connectivity index (χ1v) is 7.29. The van der Waals surface area contributed by atoms with Crippen LogP contribution < -0.4 is 4.74 Å². The molecule has 4 nitrogen and oxygen atoms in total. The summed E-state index contributed by atoms with van der Waals surface area (Å²) in [5, 5.41) is 1.99. The van der Waals surface area contributed by atoms with Crippen molar-refractivity contribution in [2.75, 3.05) is 7.11 Å². The van der Waals surface area contributed by atoms with E-state index in [9.17, 15) is 0 Å². The molecule has 3 rings (SSSR count). The third kappa shape index (κ3) is 2.81. The highest BCUT2D eigenvalue weighted by atomic mass is 32.1. The summed E-state index contributed by atoms with van der Waals surface area (Å²) in [6, 6.07) is 1.97. The Kier molecular flexibility index (Phi) is 4.63. The molecule has 0 N–H and O–H groups in total. The average molecular weight is 275 g/mol. The highest BCUT2D eigenvalue weighted by molar-refractivity contribution is 7.17. The summed E-state index contributed by atoms with van der Waals surface area (Å²) in [4.78, 5) is 13.2. The number of fused-ring (bicyclic) bond motifs is 1. The van der Waals surface area contributed by atoms with Gasteiger partial charge in [-0.1, -0.05) is 19.9 Å². The van der Waals surface area contributed by atoms with Crippen molar-refractivity contribution in [3.05, 3.63) is 23.3 Å². The SMILES string of the molecule is CC.COc1nc(C2=CCCC=N2)nc2ccsc12. The molecule has 0 fully saturated rings. The minimum Gasteiger partial charge on any atom is -0.480 e. The quantitative estimate of drug-likeness (QED) is 0.834. The van der Waals surface area contributed by atoms with Crippen molar-refractivity contribution < 1.29 is 4.74 Å². The van der Waals surface area contributed by atoms with E-state index < -0.39 is 0 Å². The molecule has 0 unspecified atom stereocenters. The van der Waals surface area contributed by atoms with Gasteiger partial charge in [-0.2, -0.15) is 4.98 Å². The zero-order valence-corrected chi connectivity index (χ0v) is 12.2. The molecule has 1 aliphatic rings. The van der Waals surface area contributed by atoms with Crippen molar-refractivity contribution in [1.29, 1.82) is 0 Å². The van der Waals surface area contributed by atoms with Crippen molar-refractivity contribution in [2.45, 2.75) is 26.7 Å². The van der Waals surface area contributed by atoms with Gasteiger partial charge in [0.15, 0.2) is 5.82 Å². The van der Waals surface area contributed by atoms with Crippen molar-refractivity contribution in [1.82, 2.24) is 9.97 Å². The van der Waals surface area contributed by atoms with Crippen LogP contribution in [0, 0.1) is 0 Å². The topological polar surface area (TPSA) is 47.4 Å². The Bertz CT molecular complexity index is 616. The van der Waals surface area contributed by atoms with Crippen LogP contribution in [0.3, 0.4) is 0 Å². The lowest BCUT2D eigenvalue weighted by molar-refractivity contribution is 0.403. The number of methoxy groups -OCH3 is 1. The summed E-state index contributed by atoms with van der Waals surface area (Å²) >= 11 is 1.59. The van der Waals surface area contributed by atoms with Gasteiger partial charge in [-0.15, -0.1) is 11.3 Å². The number of hydrogen-bond donors (Lipinski definition) is 0. The number of aromatic nitrogens is 2. The van der Waals surface area contributed by atoms with E-state index in [1.165, 1.54) is 0 Å². The van der Waals surface area contributed by atoms with Crippen molar-refractivity contribution >= 4 is 33.5 Å². The lowest BCUT2D eigenvalue weighted by Gasteiger charge is -2.07. The molecule has 3 heterocycles. The lowest BCUT2D eigenvalue weighted by atomic mass is 10.2. The first kappa shape index (κ1) is 13.7. The van der Waals surface area contributed by atoms with E-state index in [2.05, 4.69) is 21.0 Å². The van der Waals surface area contributed by atoms with Gasteiger partial charge >= 0.3 is 0 Å². The maximum absolute atomic E-state index is 5.30. The summed E-state index contributed by atoms with van der Waals surface area (Å²) in [5.74, 6) is 1.27. The molecular formula is C14H17N3OS. The molecule has 0 saturated carbocycles. The molecule has 0 amide bonds. The maximum Gasteiger partial charge on any atom is 0.235 e.